The summed E-state index contributed by atoms with van der Waals surface area (Å²) in [4.78, 5) is 74.4. The molecule has 1 aromatic heterocycles. The average Bonchev–Trinajstić information content (AvgIpc) is 3.38. The molecule has 0 atom stereocenters. The quantitative estimate of drug-likeness (QED) is 0.398. The number of fused-ring (bicyclic) bond motifs is 1. The summed E-state index contributed by atoms with van der Waals surface area (Å²) in [6.07, 6.45) is 1.64. The maximum absolute atomic E-state index is 13.0. The number of benzene rings is 2. The maximum Gasteiger partial charge on any atom is 0.338 e. The Kier molecular flexibility index (Phi) is 6.46. The molecule has 0 spiro atoms. The van der Waals surface area contributed by atoms with E-state index in [2.05, 4.69) is 10.6 Å². The van der Waals surface area contributed by atoms with Gasteiger partial charge in [-0.15, -0.1) is 0 Å². The van der Waals surface area contributed by atoms with E-state index in [-0.39, 0.29) is 28.3 Å². The molecular weight excluding hydrogens is 468 g/mol. The first-order chi connectivity index (χ1) is 17.2. The molecule has 182 valence electrons. The number of aryl methyl sites for hydroxylation is 1. The minimum atomic E-state index is -0.905. The lowest BCUT2D eigenvalue weighted by atomic mass is 10.1. The number of nitrogens with one attached hydrogen (secondary N) is 2. The van der Waals surface area contributed by atoms with Crippen LogP contribution in [-0.2, 0) is 21.4 Å². The van der Waals surface area contributed by atoms with Gasteiger partial charge >= 0.3 is 5.97 Å². The third-order valence-electron chi connectivity index (χ3n) is 5.33. The van der Waals surface area contributed by atoms with Gasteiger partial charge in [-0.05, 0) is 54.6 Å². The first-order valence-electron chi connectivity index (χ1n) is 10.7. The third-order valence-corrected chi connectivity index (χ3v) is 5.33. The number of hydrogen-bond donors (Lipinski definition) is 2. The third kappa shape index (κ3) is 4.75. The van der Waals surface area contributed by atoms with Gasteiger partial charge in [0.25, 0.3) is 23.6 Å². The minimum Gasteiger partial charge on any atom is -0.452 e. The summed E-state index contributed by atoms with van der Waals surface area (Å²) in [6.45, 7) is 0.642. The van der Waals surface area contributed by atoms with Gasteiger partial charge in [0, 0.05) is 25.9 Å². The molecule has 0 bridgehead atoms. The smallest absolute Gasteiger partial charge is 0.338 e. The summed E-state index contributed by atoms with van der Waals surface area (Å²) >= 11 is 0. The summed E-state index contributed by atoms with van der Waals surface area (Å²) < 4.78 is 6.49. The summed E-state index contributed by atoms with van der Waals surface area (Å²) in [5.41, 5.74) is 1.11. The number of amides is 5. The van der Waals surface area contributed by atoms with Crippen LogP contribution in [0.3, 0.4) is 0 Å². The van der Waals surface area contributed by atoms with E-state index in [9.17, 15) is 28.8 Å². The maximum atomic E-state index is 13.0. The number of anilines is 2. The molecule has 1 aliphatic rings. The van der Waals surface area contributed by atoms with Crippen LogP contribution < -0.4 is 15.5 Å². The van der Waals surface area contributed by atoms with Gasteiger partial charge in [0.05, 0.1) is 22.4 Å². The molecule has 11 heteroatoms. The number of ether oxygens (including phenoxy) is 1. The fraction of sp³-hybridized carbons (Fsp3) is 0.120. The molecule has 0 saturated carbocycles. The van der Waals surface area contributed by atoms with Crippen LogP contribution in [0.2, 0.25) is 0 Å². The second-order valence-electron chi connectivity index (χ2n) is 7.89. The van der Waals surface area contributed by atoms with E-state index in [0.717, 1.165) is 4.90 Å². The monoisotopic (exact) mass is 488 g/mol. The molecule has 0 radical (unpaired) electrons. The number of imide groups is 2. The average molecular weight is 488 g/mol. The van der Waals surface area contributed by atoms with Crippen LogP contribution >= 0.6 is 0 Å². The fourth-order valence-corrected chi connectivity index (χ4v) is 3.64. The van der Waals surface area contributed by atoms with E-state index in [1.807, 2.05) is 0 Å². The normalized spacial score (nSPS) is 12.2. The molecule has 5 amide bonds. The number of carbonyl (C=O) groups excluding carboxylic acids is 6. The Labute approximate surface area is 204 Å². The number of esters is 1. The van der Waals surface area contributed by atoms with Crippen LogP contribution in [0.4, 0.5) is 11.4 Å². The van der Waals surface area contributed by atoms with Crippen LogP contribution in [0.5, 0.6) is 0 Å². The zero-order valence-corrected chi connectivity index (χ0v) is 19.2. The van der Waals surface area contributed by atoms with Crippen LogP contribution in [0.15, 0.2) is 60.8 Å². The minimum absolute atomic E-state index is 0.00345. The van der Waals surface area contributed by atoms with Crippen molar-refractivity contribution in [3.8, 4) is 0 Å². The highest BCUT2D eigenvalue weighted by molar-refractivity contribution is 6.34. The number of rotatable bonds is 6. The van der Waals surface area contributed by atoms with E-state index in [4.69, 9.17) is 4.74 Å². The van der Waals surface area contributed by atoms with Gasteiger partial charge in [0.1, 0.15) is 5.69 Å². The predicted octanol–water partition coefficient (Wildman–Crippen LogP) is 1.90. The summed E-state index contributed by atoms with van der Waals surface area (Å²) in [5.74, 6) is -3.84. The zero-order chi connectivity index (χ0) is 26.0. The lowest BCUT2D eigenvalue weighted by molar-refractivity contribution is -0.123. The van der Waals surface area contributed by atoms with Gasteiger partial charge in [-0.1, -0.05) is 0 Å². The van der Waals surface area contributed by atoms with Crippen molar-refractivity contribution in [2.24, 2.45) is 7.05 Å². The molecule has 0 aliphatic carbocycles. The largest absolute Gasteiger partial charge is 0.452 e. The van der Waals surface area contributed by atoms with Crippen molar-refractivity contribution in [1.82, 2.24) is 9.88 Å². The number of aromatic nitrogens is 1. The van der Waals surface area contributed by atoms with E-state index in [0.29, 0.717) is 11.4 Å². The van der Waals surface area contributed by atoms with Crippen molar-refractivity contribution in [1.29, 1.82) is 0 Å². The molecule has 36 heavy (non-hydrogen) atoms. The molecule has 3 aromatic rings. The zero-order valence-electron chi connectivity index (χ0n) is 19.2. The Hall–Kier alpha value is -5.06. The van der Waals surface area contributed by atoms with Gasteiger partial charge in [-0.3, -0.25) is 29.3 Å². The standard InChI is InChI=1S/C25H20N4O7/c1-14(30)26-16-6-8-17(9-7-16)29-23(33)18-10-5-15(12-19(18)24(29)34)25(35)36-13-21(31)27-22(32)20-4-3-11-28(20)2/h3-12H,13H2,1-2H3,(H,26,30)(H,27,31,32). The molecule has 0 saturated heterocycles. The van der Waals surface area contributed by atoms with Crippen molar-refractivity contribution >= 4 is 46.9 Å². The van der Waals surface area contributed by atoms with Gasteiger partial charge in [-0.2, -0.15) is 0 Å². The Morgan fingerprint density at radius 1 is 0.917 bits per heavy atom. The molecule has 0 unspecified atom stereocenters. The van der Waals surface area contributed by atoms with E-state index >= 15 is 0 Å². The molecule has 2 heterocycles. The SMILES string of the molecule is CC(=O)Nc1ccc(N2C(=O)c3ccc(C(=O)OCC(=O)NC(=O)c4cccn4C)cc3C2=O)cc1. The van der Waals surface area contributed by atoms with Gasteiger partial charge < -0.3 is 14.6 Å². The molecular formula is C25H20N4O7. The van der Waals surface area contributed by atoms with Crippen molar-refractivity contribution < 1.29 is 33.5 Å². The van der Waals surface area contributed by atoms with E-state index in [1.165, 1.54) is 47.9 Å². The molecule has 1 aliphatic heterocycles. The second kappa shape index (κ2) is 9.66. The Morgan fingerprint density at radius 3 is 2.25 bits per heavy atom. The molecule has 2 N–H and O–H groups in total. The highest BCUT2D eigenvalue weighted by Gasteiger charge is 2.37. The lowest BCUT2D eigenvalue weighted by Gasteiger charge is -2.14. The highest BCUT2D eigenvalue weighted by Crippen LogP contribution is 2.30. The van der Waals surface area contributed by atoms with Crippen molar-refractivity contribution in [3.63, 3.8) is 0 Å². The summed E-state index contributed by atoms with van der Waals surface area (Å²) in [7, 11) is 1.64. The molecule has 2 aromatic carbocycles. The molecule has 11 nitrogen and oxygen atoms in total. The number of hydrogen-bond acceptors (Lipinski definition) is 7. The van der Waals surface area contributed by atoms with Crippen LogP contribution in [0, 0.1) is 0 Å². The topological polar surface area (TPSA) is 144 Å². The van der Waals surface area contributed by atoms with Crippen molar-refractivity contribution in [2.45, 2.75) is 6.92 Å². The number of carbonyl (C=O) groups is 6. The van der Waals surface area contributed by atoms with E-state index < -0.39 is 36.2 Å². The Balaban J connectivity index is 1.42. The Morgan fingerprint density at radius 2 is 1.61 bits per heavy atom. The van der Waals surface area contributed by atoms with Crippen LogP contribution in [0.25, 0.3) is 0 Å². The first-order valence-corrected chi connectivity index (χ1v) is 10.7. The summed E-state index contributed by atoms with van der Waals surface area (Å²) in [5, 5.41) is 4.71. The van der Waals surface area contributed by atoms with Gasteiger partial charge in [-0.25, -0.2) is 9.69 Å². The van der Waals surface area contributed by atoms with Crippen molar-refractivity contribution in [2.75, 3.05) is 16.8 Å². The molecule has 0 fully saturated rings. The molecule has 4 rings (SSSR count). The highest BCUT2D eigenvalue weighted by atomic mass is 16.5. The van der Waals surface area contributed by atoms with E-state index in [1.54, 1.807) is 31.4 Å². The van der Waals surface area contributed by atoms with Gasteiger partial charge in [0.2, 0.25) is 5.91 Å². The van der Waals surface area contributed by atoms with Crippen molar-refractivity contribution in [3.05, 3.63) is 83.2 Å². The lowest BCUT2D eigenvalue weighted by Crippen LogP contribution is -2.35. The predicted molar refractivity (Wildman–Crippen MR) is 126 cm³/mol. The van der Waals surface area contributed by atoms with Gasteiger partial charge in [0.15, 0.2) is 6.61 Å². The van der Waals surface area contributed by atoms with Crippen LogP contribution in [-0.4, -0.2) is 46.7 Å². The second-order valence-corrected chi connectivity index (χ2v) is 7.89. The Bertz CT molecular complexity index is 1420. The fourth-order valence-electron chi connectivity index (χ4n) is 3.64. The first kappa shape index (κ1) is 24.1. The summed E-state index contributed by atoms with van der Waals surface area (Å²) in [6, 6.07) is 13.2. The van der Waals surface area contributed by atoms with Crippen LogP contribution in [0.1, 0.15) is 48.5 Å². The number of nitrogens with zero attached hydrogens (tertiary/aromatic N) is 2.